The van der Waals surface area contributed by atoms with E-state index in [0.717, 1.165) is 34.7 Å². The lowest BCUT2D eigenvalue weighted by atomic mass is 10.1. The van der Waals surface area contributed by atoms with Gasteiger partial charge in [0.2, 0.25) is 0 Å². The van der Waals surface area contributed by atoms with E-state index in [0.29, 0.717) is 19.8 Å². The summed E-state index contributed by atoms with van der Waals surface area (Å²) in [6.07, 6.45) is 2.63. The number of para-hydroxylation sites is 1. The van der Waals surface area contributed by atoms with Crippen molar-refractivity contribution in [3.8, 4) is 11.5 Å². The minimum absolute atomic E-state index is 0.604. The predicted molar refractivity (Wildman–Crippen MR) is 99.6 cm³/mol. The van der Waals surface area contributed by atoms with E-state index < -0.39 is 0 Å². The fourth-order valence-corrected chi connectivity index (χ4v) is 2.47. The topological polar surface area (TPSA) is 42.5 Å². The van der Waals surface area contributed by atoms with Crippen LogP contribution in [-0.2, 0) is 13.0 Å². The van der Waals surface area contributed by atoms with Crippen molar-refractivity contribution in [2.75, 3.05) is 18.6 Å². The van der Waals surface area contributed by atoms with Crippen molar-refractivity contribution >= 4 is 5.69 Å². The molecule has 24 heavy (non-hydrogen) atoms. The summed E-state index contributed by atoms with van der Waals surface area (Å²) < 4.78 is 11.6. The third-order valence-electron chi connectivity index (χ3n) is 3.44. The van der Waals surface area contributed by atoms with Crippen LogP contribution in [0.5, 0.6) is 11.5 Å². The summed E-state index contributed by atoms with van der Waals surface area (Å²) in [5.74, 6) is 1.61. The lowest BCUT2D eigenvalue weighted by molar-refractivity contribution is 0.285. The molecule has 0 spiro atoms. The highest BCUT2D eigenvalue weighted by Gasteiger charge is 2.12. The summed E-state index contributed by atoms with van der Waals surface area (Å²) in [5.41, 5.74) is 9.68. The first-order chi connectivity index (χ1) is 11.8. The molecule has 4 nitrogen and oxygen atoms in total. The average Bonchev–Trinajstić information content (AvgIpc) is 2.59. The van der Waals surface area contributed by atoms with Crippen molar-refractivity contribution in [1.82, 2.24) is 5.43 Å². The van der Waals surface area contributed by atoms with E-state index in [1.165, 1.54) is 0 Å². The van der Waals surface area contributed by atoms with Gasteiger partial charge < -0.3 is 14.9 Å². The fourth-order valence-electron chi connectivity index (χ4n) is 2.47. The Balaban J connectivity index is 2.14. The maximum atomic E-state index is 5.79. The Kier molecular flexibility index (Phi) is 7.18. The molecular formula is C20H26N2O2. The van der Waals surface area contributed by atoms with Crippen LogP contribution < -0.4 is 20.3 Å². The molecule has 2 N–H and O–H groups in total. The van der Waals surface area contributed by atoms with Gasteiger partial charge in [0, 0.05) is 17.8 Å². The molecule has 4 heteroatoms. The Morgan fingerprint density at radius 3 is 2.46 bits per heavy atom. The van der Waals surface area contributed by atoms with E-state index in [-0.39, 0.29) is 0 Å². The second-order valence-corrected chi connectivity index (χ2v) is 5.29. The summed E-state index contributed by atoms with van der Waals surface area (Å²) in [5, 5.41) is 0. The number of allylic oxidation sites excluding steroid dienone is 1. The summed E-state index contributed by atoms with van der Waals surface area (Å²) >= 11 is 0. The zero-order chi connectivity index (χ0) is 17.2. The van der Waals surface area contributed by atoms with Crippen LogP contribution >= 0.6 is 0 Å². The molecule has 0 aliphatic rings. The quantitative estimate of drug-likeness (QED) is 0.504. The zero-order valence-electron chi connectivity index (χ0n) is 14.5. The van der Waals surface area contributed by atoms with Crippen LogP contribution in [-0.4, -0.2) is 13.2 Å². The van der Waals surface area contributed by atoms with Gasteiger partial charge in [-0.15, -0.1) is 6.58 Å². The van der Waals surface area contributed by atoms with Gasteiger partial charge in [0.05, 0.1) is 13.2 Å². The van der Waals surface area contributed by atoms with Crippen molar-refractivity contribution in [1.29, 1.82) is 0 Å². The molecular weight excluding hydrogens is 300 g/mol. The van der Waals surface area contributed by atoms with Crippen LogP contribution in [0.25, 0.3) is 0 Å². The van der Waals surface area contributed by atoms with Gasteiger partial charge in [-0.2, -0.15) is 0 Å². The molecule has 0 saturated heterocycles. The molecule has 0 heterocycles. The van der Waals surface area contributed by atoms with E-state index in [1.54, 1.807) is 0 Å². The number of hydrogen-bond acceptors (Lipinski definition) is 4. The predicted octanol–water partition coefficient (Wildman–Crippen LogP) is 4.33. The van der Waals surface area contributed by atoms with Crippen molar-refractivity contribution in [2.45, 2.75) is 26.8 Å². The fraction of sp³-hybridized carbons (Fsp3) is 0.300. The summed E-state index contributed by atoms with van der Waals surface area (Å²) in [7, 11) is 0. The molecule has 0 unspecified atom stereocenters. The second kappa shape index (κ2) is 9.63. The molecule has 0 radical (unpaired) electrons. The van der Waals surface area contributed by atoms with Crippen molar-refractivity contribution in [3.05, 3.63) is 66.2 Å². The SMILES string of the molecule is C=CCc1cc(CNNc2ccccc2)cc(OCC)c1OCC. The van der Waals surface area contributed by atoms with Gasteiger partial charge in [0.15, 0.2) is 11.5 Å². The van der Waals surface area contributed by atoms with Gasteiger partial charge in [-0.1, -0.05) is 30.3 Å². The van der Waals surface area contributed by atoms with Crippen LogP contribution in [0.15, 0.2) is 55.1 Å². The summed E-state index contributed by atoms with van der Waals surface area (Å²) in [6.45, 7) is 9.68. The minimum Gasteiger partial charge on any atom is -0.490 e. The number of nitrogens with one attached hydrogen (secondary N) is 2. The molecule has 128 valence electrons. The van der Waals surface area contributed by atoms with E-state index in [1.807, 2.05) is 56.3 Å². The van der Waals surface area contributed by atoms with Gasteiger partial charge in [-0.3, -0.25) is 0 Å². The molecule has 2 rings (SSSR count). The molecule has 2 aromatic rings. The third kappa shape index (κ3) is 5.03. The van der Waals surface area contributed by atoms with Gasteiger partial charge in [0.25, 0.3) is 0 Å². The molecule has 0 aliphatic carbocycles. The van der Waals surface area contributed by atoms with Crippen LogP contribution in [0.1, 0.15) is 25.0 Å². The first kappa shape index (κ1) is 17.9. The zero-order valence-corrected chi connectivity index (χ0v) is 14.5. The number of anilines is 1. The molecule has 2 aromatic carbocycles. The Hall–Kier alpha value is -2.46. The van der Waals surface area contributed by atoms with Gasteiger partial charge in [-0.25, -0.2) is 5.43 Å². The highest BCUT2D eigenvalue weighted by molar-refractivity contribution is 5.50. The smallest absolute Gasteiger partial charge is 0.164 e. The number of rotatable bonds is 10. The van der Waals surface area contributed by atoms with Crippen LogP contribution in [0.4, 0.5) is 5.69 Å². The number of ether oxygens (including phenoxy) is 2. The molecule has 0 amide bonds. The van der Waals surface area contributed by atoms with Crippen LogP contribution in [0.3, 0.4) is 0 Å². The van der Waals surface area contributed by atoms with E-state index >= 15 is 0 Å². The first-order valence-corrected chi connectivity index (χ1v) is 8.34. The number of hydrazine groups is 1. The molecule has 0 saturated carbocycles. The van der Waals surface area contributed by atoms with Crippen molar-refractivity contribution in [3.63, 3.8) is 0 Å². The highest BCUT2D eigenvalue weighted by atomic mass is 16.5. The Bertz CT molecular complexity index is 642. The molecule has 0 fully saturated rings. The summed E-state index contributed by atoms with van der Waals surface area (Å²) in [4.78, 5) is 0. The maximum Gasteiger partial charge on any atom is 0.164 e. The van der Waals surface area contributed by atoms with Crippen molar-refractivity contribution in [2.24, 2.45) is 0 Å². The summed E-state index contributed by atoms with van der Waals surface area (Å²) in [6, 6.07) is 14.2. The lowest BCUT2D eigenvalue weighted by Crippen LogP contribution is -2.21. The maximum absolute atomic E-state index is 5.79. The molecule has 0 bridgehead atoms. The van der Waals surface area contributed by atoms with Gasteiger partial charge in [-0.05, 0) is 44.0 Å². The highest BCUT2D eigenvalue weighted by Crippen LogP contribution is 2.34. The molecule has 0 aliphatic heterocycles. The van der Waals surface area contributed by atoms with Crippen molar-refractivity contribution < 1.29 is 9.47 Å². The largest absolute Gasteiger partial charge is 0.490 e. The van der Waals surface area contributed by atoms with E-state index in [2.05, 4.69) is 23.5 Å². The van der Waals surface area contributed by atoms with E-state index in [4.69, 9.17) is 9.47 Å². The third-order valence-corrected chi connectivity index (χ3v) is 3.44. The molecule has 0 aromatic heterocycles. The van der Waals surface area contributed by atoms with Gasteiger partial charge >= 0.3 is 0 Å². The Morgan fingerprint density at radius 2 is 1.79 bits per heavy atom. The van der Waals surface area contributed by atoms with Crippen LogP contribution in [0.2, 0.25) is 0 Å². The molecule has 0 atom stereocenters. The second-order valence-electron chi connectivity index (χ2n) is 5.29. The Labute approximate surface area is 144 Å². The lowest BCUT2D eigenvalue weighted by Gasteiger charge is -2.17. The Morgan fingerprint density at radius 1 is 1.04 bits per heavy atom. The average molecular weight is 326 g/mol. The van der Waals surface area contributed by atoms with Gasteiger partial charge in [0.1, 0.15) is 0 Å². The first-order valence-electron chi connectivity index (χ1n) is 8.34. The van der Waals surface area contributed by atoms with E-state index in [9.17, 15) is 0 Å². The monoisotopic (exact) mass is 326 g/mol. The minimum atomic E-state index is 0.604. The normalized spacial score (nSPS) is 10.2. The standard InChI is InChI=1S/C20H26N2O2/c1-4-10-17-13-16(14-19(23-5-2)20(17)24-6-3)15-21-22-18-11-8-7-9-12-18/h4,7-9,11-14,21-22H,1,5-6,10,15H2,2-3H3. The van der Waals surface area contributed by atoms with Crippen LogP contribution in [0, 0.1) is 0 Å². The number of hydrogen-bond donors (Lipinski definition) is 2. The number of benzene rings is 2.